The molecule has 0 atom stereocenters. The zero-order valence-electron chi connectivity index (χ0n) is 25.6. The summed E-state index contributed by atoms with van der Waals surface area (Å²) >= 11 is 3.06. The molecular weight excluding hydrogens is 609 g/mol. The minimum absolute atomic E-state index is 0.0571. The van der Waals surface area contributed by atoms with E-state index >= 15 is 0 Å². The van der Waals surface area contributed by atoms with Gasteiger partial charge in [0.25, 0.3) is 11.4 Å². The summed E-state index contributed by atoms with van der Waals surface area (Å²) in [6.45, 7) is 25.1. The highest BCUT2D eigenvalue weighted by Gasteiger charge is 2.38. The van der Waals surface area contributed by atoms with E-state index in [1.165, 1.54) is 22.7 Å². The summed E-state index contributed by atoms with van der Waals surface area (Å²) in [6, 6.07) is 20.1. The standard InChI is InChI=1S/C38H26N4O2S2/c1-19(2)17-43-33-31-29-23-13-9-7-11-21(23)27(25(15-39)41-5)35(29)46-38(31)34(44-18-20(3)4)32-30-24-14-10-8-12-22(24)28(26(16-40)42-6)36(30)45-37(32)33/h7-14,19-20H,17-18H2,1-4H3/b27-25-,28-26+. The fourth-order valence-corrected chi connectivity index (χ4v) is 9.07. The first-order valence-electron chi connectivity index (χ1n) is 14.9. The molecule has 2 aliphatic carbocycles. The third-order valence-electron chi connectivity index (χ3n) is 8.10. The summed E-state index contributed by atoms with van der Waals surface area (Å²) in [5, 5.41) is 21.9. The average Bonchev–Trinajstić information content (AvgIpc) is 3.78. The van der Waals surface area contributed by atoms with Crippen LogP contribution in [0.4, 0.5) is 0 Å². The van der Waals surface area contributed by atoms with E-state index in [4.69, 9.17) is 22.6 Å². The highest BCUT2D eigenvalue weighted by molar-refractivity contribution is 7.23. The van der Waals surface area contributed by atoms with Crippen LogP contribution in [0.1, 0.15) is 48.6 Å². The second kappa shape index (κ2) is 11.2. The van der Waals surface area contributed by atoms with Gasteiger partial charge < -0.3 is 9.47 Å². The Bertz CT molecular complexity index is 2180. The summed E-state index contributed by atoms with van der Waals surface area (Å²) in [6.07, 6.45) is 0. The van der Waals surface area contributed by atoms with Gasteiger partial charge in [0, 0.05) is 42.8 Å². The van der Waals surface area contributed by atoms with Crippen LogP contribution in [0, 0.1) is 47.6 Å². The van der Waals surface area contributed by atoms with Crippen LogP contribution < -0.4 is 9.47 Å². The maximum atomic E-state index is 10.0. The second-order valence-electron chi connectivity index (χ2n) is 12.1. The van der Waals surface area contributed by atoms with E-state index in [0.717, 1.165) is 74.8 Å². The van der Waals surface area contributed by atoms with Gasteiger partial charge in [-0.05, 0) is 34.1 Å². The largest absolute Gasteiger partial charge is 0.491 e. The molecular formula is C38H26N4O2S2. The van der Waals surface area contributed by atoms with Crippen molar-refractivity contribution in [1.29, 1.82) is 10.5 Å². The van der Waals surface area contributed by atoms with Crippen molar-refractivity contribution in [2.75, 3.05) is 13.2 Å². The molecule has 7 rings (SSSR count). The van der Waals surface area contributed by atoms with Crippen molar-refractivity contribution in [3.63, 3.8) is 0 Å². The molecule has 0 bridgehead atoms. The molecule has 8 heteroatoms. The molecule has 0 radical (unpaired) electrons. The summed E-state index contributed by atoms with van der Waals surface area (Å²) in [4.78, 5) is 9.00. The Morgan fingerprint density at radius 1 is 0.674 bits per heavy atom. The maximum Gasteiger partial charge on any atom is 0.271 e. The Morgan fingerprint density at radius 2 is 1.04 bits per heavy atom. The molecule has 0 amide bonds. The Morgan fingerprint density at radius 3 is 1.37 bits per heavy atom. The summed E-state index contributed by atoms with van der Waals surface area (Å²) in [5.74, 6) is 1.95. The lowest BCUT2D eigenvalue weighted by atomic mass is 9.99. The third kappa shape index (κ3) is 4.16. The number of ether oxygens (including phenoxy) is 2. The lowest BCUT2D eigenvalue weighted by Gasteiger charge is -2.18. The lowest BCUT2D eigenvalue weighted by molar-refractivity contribution is 0.273. The van der Waals surface area contributed by atoms with Crippen molar-refractivity contribution in [2.45, 2.75) is 27.7 Å². The van der Waals surface area contributed by atoms with Crippen molar-refractivity contribution < 1.29 is 9.47 Å². The Balaban J connectivity index is 1.71. The van der Waals surface area contributed by atoms with E-state index in [-0.39, 0.29) is 23.2 Å². The van der Waals surface area contributed by atoms with Gasteiger partial charge in [-0.2, -0.15) is 0 Å². The molecule has 6 nitrogen and oxygen atoms in total. The highest BCUT2D eigenvalue weighted by Crippen LogP contribution is 2.63. The van der Waals surface area contributed by atoms with Crippen molar-refractivity contribution in [1.82, 2.24) is 0 Å². The zero-order chi connectivity index (χ0) is 32.3. The van der Waals surface area contributed by atoms with Crippen LogP contribution in [-0.2, 0) is 0 Å². The molecule has 0 spiro atoms. The molecule has 2 aromatic heterocycles. The fourth-order valence-electron chi connectivity index (χ4n) is 6.31. The van der Waals surface area contributed by atoms with Gasteiger partial charge in [0.15, 0.2) is 0 Å². The van der Waals surface area contributed by atoms with E-state index < -0.39 is 0 Å². The number of benzene rings is 3. The molecule has 0 aliphatic heterocycles. The molecule has 2 heterocycles. The van der Waals surface area contributed by atoms with Gasteiger partial charge in [0.05, 0.1) is 47.9 Å². The molecule has 2 aliphatic rings. The van der Waals surface area contributed by atoms with Crippen LogP contribution in [0.2, 0.25) is 0 Å². The van der Waals surface area contributed by atoms with Crippen molar-refractivity contribution in [3.8, 4) is 45.9 Å². The lowest BCUT2D eigenvalue weighted by Crippen LogP contribution is -2.07. The SMILES string of the molecule is [C-]#[N+]/C(C#N)=C1/c2ccccc2-c2c1sc1c(OCC(C)C)c3c4c(sc3c(OCC(C)C)c21)/C(=C(\C#N)[N+]#[C-])c1ccccc1-4. The smallest absolute Gasteiger partial charge is 0.271 e. The molecule has 222 valence electrons. The Kier molecular flexibility index (Phi) is 7.15. The quantitative estimate of drug-likeness (QED) is 0.135. The Labute approximate surface area is 275 Å². The van der Waals surface area contributed by atoms with Crippen molar-refractivity contribution in [2.24, 2.45) is 11.8 Å². The third-order valence-corrected chi connectivity index (χ3v) is 10.5. The molecule has 46 heavy (non-hydrogen) atoms. The minimum Gasteiger partial charge on any atom is -0.491 e. The van der Waals surface area contributed by atoms with Gasteiger partial charge in [-0.25, -0.2) is 20.2 Å². The summed E-state index contributed by atoms with van der Waals surface area (Å²) in [5.41, 5.74) is 6.93. The maximum absolute atomic E-state index is 10.0. The number of fused-ring (bicyclic) bond motifs is 10. The Hall–Kier alpha value is -5.38. The van der Waals surface area contributed by atoms with Gasteiger partial charge >= 0.3 is 0 Å². The average molecular weight is 635 g/mol. The van der Waals surface area contributed by atoms with Gasteiger partial charge in [0.1, 0.15) is 11.5 Å². The first-order valence-corrected chi connectivity index (χ1v) is 16.6. The van der Waals surface area contributed by atoms with Crippen LogP contribution in [0.25, 0.3) is 63.3 Å². The van der Waals surface area contributed by atoms with Crippen LogP contribution >= 0.6 is 22.7 Å². The van der Waals surface area contributed by atoms with Gasteiger partial charge in [-0.1, -0.05) is 76.2 Å². The number of rotatable bonds is 6. The predicted molar refractivity (Wildman–Crippen MR) is 185 cm³/mol. The number of hydrogen-bond donors (Lipinski definition) is 0. The van der Waals surface area contributed by atoms with Gasteiger partial charge in [-0.15, -0.1) is 22.7 Å². The molecule has 0 saturated heterocycles. The molecule has 0 unspecified atom stereocenters. The number of hydrogen-bond acceptors (Lipinski definition) is 6. The first-order chi connectivity index (χ1) is 22.3. The molecule has 3 aromatic carbocycles. The number of nitrogens with zero attached hydrogens (tertiary/aromatic N) is 4. The molecule has 5 aromatic rings. The molecule has 0 saturated carbocycles. The topological polar surface area (TPSA) is 74.8 Å². The van der Waals surface area contributed by atoms with Crippen LogP contribution in [0.3, 0.4) is 0 Å². The first kappa shape index (κ1) is 29.3. The van der Waals surface area contributed by atoms with E-state index in [2.05, 4.69) is 49.5 Å². The normalized spacial score (nSPS) is 14.7. The number of nitriles is 2. The van der Waals surface area contributed by atoms with Crippen molar-refractivity contribution >= 4 is 54.0 Å². The van der Waals surface area contributed by atoms with Crippen molar-refractivity contribution in [3.05, 3.63) is 104 Å². The predicted octanol–water partition coefficient (Wildman–Crippen LogP) is 10.6. The van der Waals surface area contributed by atoms with E-state index in [1.54, 1.807) is 0 Å². The highest BCUT2D eigenvalue weighted by atomic mass is 32.1. The summed E-state index contributed by atoms with van der Waals surface area (Å²) in [7, 11) is 0. The molecule has 0 N–H and O–H groups in total. The minimum atomic E-state index is 0.0571. The van der Waals surface area contributed by atoms with E-state index in [9.17, 15) is 10.5 Å². The number of thiophene rings is 2. The van der Waals surface area contributed by atoms with Crippen LogP contribution in [0.15, 0.2) is 59.9 Å². The molecule has 0 fully saturated rings. The fraction of sp³-hybridized carbons (Fsp3) is 0.211. The number of allylic oxidation sites excluding steroid dienone is 2. The van der Waals surface area contributed by atoms with Crippen LogP contribution in [-0.4, -0.2) is 13.2 Å². The van der Waals surface area contributed by atoms with E-state index in [1.807, 2.05) is 48.5 Å². The van der Waals surface area contributed by atoms with E-state index in [0.29, 0.717) is 24.4 Å². The monoisotopic (exact) mass is 634 g/mol. The second-order valence-corrected chi connectivity index (χ2v) is 14.1. The van der Waals surface area contributed by atoms with Gasteiger partial charge in [-0.3, -0.25) is 0 Å². The zero-order valence-corrected chi connectivity index (χ0v) is 27.2. The summed E-state index contributed by atoms with van der Waals surface area (Å²) < 4.78 is 15.3. The van der Waals surface area contributed by atoms with Crippen LogP contribution in [0.5, 0.6) is 11.5 Å². The van der Waals surface area contributed by atoms with Gasteiger partial charge in [0.2, 0.25) is 0 Å².